The first kappa shape index (κ1) is 12.5. The summed E-state index contributed by atoms with van der Waals surface area (Å²) >= 11 is 0. The van der Waals surface area contributed by atoms with Gasteiger partial charge in [0.1, 0.15) is 6.61 Å². The van der Waals surface area contributed by atoms with E-state index in [4.69, 9.17) is 9.16 Å². The Balaban J connectivity index is 2.40. The molecule has 0 aromatic heterocycles. The van der Waals surface area contributed by atoms with Crippen molar-refractivity contribution in [2.75, 3.05) is 13.2 Å². The first-order valence-corrected chi connectivity index (χ1v) is 8.20. The van der Waals surface area contributed by atoms with Gasteiger partial charge in [-0.25, -0.2) is 4.79 Å². The molecule has 0 unspecified atom stereocenters. The van der Waals surface area contributed by atoms with Crippen molar-refractivity contribution in [3.8, 4) is 0 Å². The maximum atomic E-state index is 10.8. The Labute approximate surface area is 92.5 Å². The third kappa shape index (κ3) is 3.20. The standard InChI is InChI=1S/C10H21NO3Si/c1-10(2,3)15(4,5)14-7-8-6-13-9(12)11-8/h8H,6-7H2,1-5H3,(H,11,12)/t8-/m0/s1. The largest absolute Gasteiger partial charge is 0.447 e. The molecule has 0 aromatic carbocycles. The van der Waals surface area contributed by atoms with E-state index in [2.05, 4.69) is 39.2 Å². The lowest BCUT2D eigenvalue weighted by molar-refractivity contribution is 0.173. The Morgan fingerprint density at radius 3 is 2.53 bits per heavy atom. The molecule has 5 heteroatoms. The number of ether oxygens (including phenoxy) is 1. The van der Waals surface area contributed by atoms with Crippen LogP contribution in [0.1, 0.15) is 20.8 Å². The van der Waals surface area contributed by atoms with Crippen molar-refractivity contribution < 1.29 is 14.0 Å². The van der Waals surface area contributed by atoms with Crippen molar-refractivity contribution in [1.29, 1.82) is 0 Å². The molecular weight excluding hydrogens is 210 g/mol. The molecule has 1 amide bonds. The zero-order chi connectivity index (χ0) is 11.7. The number of nitrogens with one attached hydrogen (secondary N) is 1. The normalized spacial score (nSPS) is 22.5. The summed E-state index contributed by atoms with van der Waals surface area (Å²) in [6.45, 7) is 12.0. The molecule has 0 aliphatic carbocycles. The average molecular weight is 231 g/mol. The molecule has 4 nitrogen and oxygen atoms in total. The fourth-order valence-corrected chi connectivity index (χ4v) is 2.09. The van der Waals surface area contributed by atoms with Gasteiger partial charge in [-0.1, -0.05) is 20.8 Å². The van der Waals surface area contributed by atoms with E-state index in [0.717, 1.165) is 0 Å². The lowest BCUT2D eigenvalue weighted by atomic mass is 10.2. The molecule has 1 aliphatic heterocycles. The summed E-state index contributed by atoms with van der Waals surface area (Å²) in [5.41, 5.74) is 0. The molecule has 15 heavy (non-hydrogen) atoms. The summed E-state index contributed by atoms with van der Waals surface area (Å²) in [5, 5.41) is 2.92. The summed E-state index contributed by atoms with van der Waals surface area (Å²) < 4.78 is 10.8. The van der Waals surface area contributed by atoms with Gasteiger partial charge >= 0.3 is 6.09 Å². The van der Waals surface area contributed by atoms with Gasteiger partial charge in [-0.3, -0.25) is 0 Å². The summed E-state index contributed by atoms with van der Waals surface area (Å²) in [6.07, 6.45) is -0.334. The molecule has 1 aliphatic rings. The quantitative estimate of drug-likeness (QED) is 0.757. The molecule has 0 radical (unpaired) electrons. The number of cyclic esters (lactones) is 1. The second-order valence-electron chi connectivity index (χ2n) is 5.51. The number of rotatable bonds is 3. The SMILES string of the molecule is CC(C)(C)[Si](C)(C)OC[C@@H]1COC(=O)N1. The predicted molar refractivity (Wildman–Crippen MR) is 61.4 cm³/mol. The van der Waals surface area contributed by atoms with Crippen LogP contribution in [-0.4, -0.2) is 33.7 Å². The molecule has 1 atom stereocenters. The maximum absolute atomic E-state index is 10.8. The second-order valence-corrected chi connectivity index (χ2v) is 10.3. The first-order chi connectivity index (χ1) is 6.72. The number of hydrogen-bond donors (Lipinski definition) is 1. The Morgan fingerprint density at radius 1 is 1.53 bits per heavy atom. The summed E-state index contributed by atoms with van der Waals surface area (Å²) in [4.78, 5) is 10.8. The zero-order valence-electron chi connectivity index (χ0n) is 10.2. The van der Waals surface area contributed by atoms with Crippen LogP contribution in [0.15, 0.2) is 0 Å². The van der Waals surface area contributed by atoms with Crippen molar-refractivity contribution in [3.05, 3.63) is 0 Å². The molecule has 1 saturated heterocycles. The Morgan fingerprint density at radius 2 is 2.13 bits per heavy atom. The first-order valence-electron chi connectivity index (χ1n) is 5.29. The van der Waals surface area contributed by atoms with Crippen LogP contribution in [0.25, 0.3) is 0 Å². The Kier molecular flexibility index (Phi) is 3.45. The van der Waals surface area contributed by atoms with Crippen LogP contribution >= 0.6 is 0 Å². The number of alkyl carbamates (subject to hydrolysis) is 1. The third-order valence-electron chi connectivity index (χ3n) is 3.19. The van der Waals surface area contributed by atoms with E-state index >= 15 is 0 Å². The number of carbonyl (C=O) groups is 1. The van der Waals surface area contributed by atoms with Crippen LogP contribution in [0.3, 0.4) is 0 Å². The van der Waals surface area contributed by atoms with Gasteiger partial charge in [0, 0.05) is 0 Å². The Bertz CT molecular complexity index is 248. The summed E-state index contributed by atoms with van der Waals surface area (Å²) in [7, 11) is -1.70. The van der Waals surface area contributed by atoms with E-state index in [9.17, 15) is 4.79 Å². The molecule has 0 saturated carbocycles. The highest BCUT2D eigenvalue weighted by atomic mass is 28.4. The molecule has 0 aromatic rings. The smallest absolute Gasteiger partial charge is 0.407 e. The van der Waals surface area contributed by atoms with Gasteiger partial charge in [-0.15, -0.1) is 0 Å². The topological polar surface area (TPSA) is 47.6 Å². The molecular formula is C10H21NO3Si. The molecule has 88 valence electrons. The van der Waals surface area contributed by atoms with Gasteiger partial charge in [-0.2, -0.15) is 0 Å². The van der Waals surface area contributed by atoms with E-state index in [1.54, 1.807) is 0 Å². The minimum Gasteiger partial charge on any atom is -0.447 e. The van der Waals surface area contributed by atoms with Crippen molar-refractivity contribution in [2.45, 2.75) is 44.9 Å². The monoisotopic (exact) mass is 231 g/mol. The molecule has 0 bridgehead atoms. The predicted octanol–water partition coefficient (Wildman–Crippen LogP) is 2.12. The minimum atomic E-state index is -1.70. The van der Waals surface area contributed by atoms with E-state index in [1.807, 2.05) is 0 Å². The van der Waals surface area contributed by atoms with Crippen molar-refractivity contribution in [1.82, 2.24) is 5.32 Å². The van der Waals surface area contributed by atoms with E-state index in [1.165, 1.54) is 0 Å². The molecule has 1 rings (SSSR count). The van der Waals surface area contributed by atoms with E-state index < -0.39 is 8.32 Å². The van der Waals surface area contributed by atoms with Gasteiger partial charge in [0.2, 0.25) is 0 Å². The highest BCUT2D eigenvalue weighted by Crippen LogP contribution is 2.36. The van der Waals surface area contributed by atoms with Crippen LogP contribution < -0.4 is 5.32 Å². The molecule has 1 heterocycles. The lowest BCUT2D eigenvalue weighted by Crippen LogP contribution is -2.44. The summed E-state index contributed by atoms with van der Waals surface area (Å²) in [5.74, 6) is 0. The second kappa shape index (κ2) is 4.13. The van der Waals surface area contributed by atoms with E-state index in [-0.39, 0.29) is 17.2 Å². The third-order valence-corrected chi connectivity index (χ3v) is 7.69. The van der Waals surface area contributed by atoms with Crippen molar-refractivity contribution in [2.24, 2.45) is 0 Å². The van der Waals surface area contributed by atoms with Gasteiger partial charge in [-0.05, 0) is 18.1 Å². The van der Waals surface area contributed by atoms with Crippen LogP contribution in [-0.2, 0) is 9.16 Å². The van der Waals surface area contributed by atoms with Crippen molar-refractivity contribution >= 4 is 14.4 Å². The molecule has 0 spiro atoms. The van der Waals surface area contributed by atoms with Crippen LogP contribution in [0.4, 0.5) is 4.79 Å². The van der Waals surface area contributed by atoms with E-state index in [0.29, 0.717) is 13.2 Å². The highest BCUT2D eigenvalue weighted by Gasteiger charge is 2.38. The zero-order valence-corrected chi connectivity index (χ0v) is 11.2. The number of carbonyl (C=O) groups excluding carboxylic acids is 1. The fourth-order valence-electron chi connectivity index (χ4n) is 1.04. The van der Waals surface area contributed by atoms with Gasteiger partial charge < -0.3 is 14.5 Å². The van der Waals surface area contributed by atoms with Gasteiger partial charge in [0.15, 0.2) is 8.32 Å². The fraction of sp³-hybridized carbons (Fsp3) is 0.900. The highest BCUT2D eigenvalue weighted by molar-refractivity contribution is 6.74. The van der Waals surface area contributed by atoms with Crippen LogP contribution in [0, 0.1) is 0 Å². The maximum Gasteiger partial charge on any atom is 0.407 e. The van der Waals surface area contributed by atoms with Gasteiger partial charge in [0.25, 0.3) is 0 Å². The number of hydrogen-bond acceptors (Lipinski definition) is 3. The summed E-state index contributed by atoms with van der Waals surface area (Å²) in [6, 6.07) is 0.0200. The van der Waals surface area contributed by atoms with Crippen LogP contribution in [0.5, 0.6) is 0 Å². The van der Waals surface area contributed by atoms with Gasteiger partial charge in [0.05, 0.1) is 12.6 Å². The minimum absolute atomic E-state index is 0.0200. The number of amides is 1. The molecule has 1 fully saturated rings. The van der Waals surface area contributed by atoms with Crippen LogP contribution in [0.2, 0.25) is 18.1 Å². The van der Waals surface area contributed by atoms with Crippen molar-refractivity contribution in [3.63, 3.8) is 0 Å². The Hall–Kier alpha value is -0.553. The lowest BCUT2D eigenvalue weighted by Gasteiger charge is -2.36. The molecule has 1 N–H and O–H groups in total. The average Bonchev–Trinajstić information content (AvgIpc) is 2.46.